The van der Waals surface area contributed by atoms with E-state index in [-0.39, 0.29) is 0 Å². The predicted molar refractivity (Wildman–Crippen MR) is 99.8 cm³/mol. The number of nitriles is 1. The van der Waals surface area contributed by atoms with Gasteiger partial charge in [-0.05, 0) is 25.7 Å². The molecule has 0 atom stereocenters. The Labute approximate surface area is 144 Å². The number of nitrogens with zero attached hydrogens (tertiary/aromatic N) is 3. The van der Waals surface area contributed by atoms with Crippen LogP contribution in [-0.2, 0) is 0 Å². The van der Waals surface area contributed by atoms with Gasteiger partial charge in [-0.2, -0.15) is 5.26 Å². The molecule has 0 saturated heterocycles. The van der Waals surface area contributed by atoms with Crippen molar-refractivity contribution in [2.75, 3.05) is 26.2 Å². The van der Waals surface area contributed by atoms with E-state index in [9.17, 15) is 0 Å². The Morgan fingerprint density at radius 3 is 1.13 bits per heavy atom. The average Bonchev–Trinajstić information content (AvgIpc) is 2.55. The summed E-state index contributed by atoms with van der Waals surface area (Å²) in [5.41, 5.74) is 0. The van der Waals surface area contributed by atoms with Gasteiger partial charge in [0.2, 0.25) is 0 Å². The quantitative estimate of drug-likeness (QED) is 0.258. The van der Waals surface area contributed by atoms with Gasteiger partial charge in [-0.3, -0.25) is 0 Å². The summed E-state index contributed by atoms with van der Waals surface area (Å²) < 4.78 is 1.42. The van der Waals surface area contributed by atoms with Gasteiger partial charge in [0, 0.05) is 6.92 Å². The van der Waals surface area contributed by atoms with E-state index in [2.05, 4.69) is 27.7 Å². The number of rotatable bonds is 12. The molecule has 0 aromatic rings. The van der Waals surface area contributed by atoms with Gasteiger partial charge in [-0.1, -0.05) is 53.4 Å². The van der Waals surface area contributed by atoms with E-state index in [4.69, 9.17) is 15.4 Å². The third-order valence-electron chi connectivity index (χ3n) is 3.94. The Morgan fingerprint density at radius 1 is 0.826 bits per heavy atom. The van der Waals surface area contributed by atoms with E-state index >= 15 is 0 Å². The van der Waals surface area contributed by atoms with Crippen molar-refractivity contribution in [1.82, 2.24) is 0 Å². The summed E-state index contributed by atoms with van der Waals surface area (Å²) >= 11 is 0. The molecule has 0 rings (SSSR count). The number of hydrogen-bond donors (Lipinski definition) is 0. The van der Waals surface area contributed by atoms with Crippen molar-refractivity contribution >= 4 is 0 Å². The van der Waals surface area contributed by atoms with Gasteiger partial charge < -0.3 is 14.6 Å². The molecule has 0 aromatic heterocycles. The van der Waals surface area contributed by atoms with E-state index in [0.717, 1.165) is 5.34 Å². The molecule has 0 unspecified atom stereocenters. The van der Waals surface area contributed by atoms with Crippen molar-refractivity contribution in [1.29, 1.82) is 5.26 Å². The lowest BCUT2D eigenvalue weighted by atomic mass is 10.1. The Bertz CT molecular complexity index is 228. The highest BCUT2D eigenvalue weighted by Crippen LogP contribution is 2.16. The molecule has 138 valence electrons. The number of unbranched alkanes of at least 4 members (excludes halogenated alkanes) is 4. The fourth-order valence-corrected chi connectivity index (χ4v) is 2.64. The van der Waals surface area contributed by atoms with Crippen molar-refractivity contribution in [2.45, 2.75) is 86.0 Å². The molecule has 23 heavy (non-hydrogen) atoms. The molecule has 0 amide bonds. The first-order chi connectivity index (χ1) is 11.1. The van der Waals surface area contributed by atoms with Crippen LogP contribution in [-0.4, -0.2) is 30.7 Å². The first-order valence-electron chi connectivity index (χ1n) is 9.18. The topological polar surface area (TPSA) is 76.3 Å². The molecule has 0 radical (unpaired) electrons. The van der Waals surface area contributed by atoms with E-state index < -0.39 is 0 Å². The monoisotopic (exact) mass is 329 g/mol. The van der Waals surface area contributed by atoms with Gasteiger partial charge in [-0.25, -0.2) is 0 Å². The lowest BCUT2D eigenvalue weighted by molar-refractivity contribution is -0.929. The summed E-state index contributed by atoms with van der Waals surface area (Å²) in [5, 5.41) is 16.3. The van der Waals surface area contributed by atoms with Gasteiger partial charge in [0.1, 0.15) is 0 Å². The van der Waals surface area contributed by atoms with Crippen LogP contribution >= 0.6 is 0 Å². The molecule has 5 nitrogen and oxygen atoms in total. The van der Waals surface area contributed by atoms with Gasteiger partial charge in [0.15, 0.2) is 0 Å². The van der Waals surface area contributed by atoms with E-state index in [1.807, 2.05) is 0 Å². The molecule has 0 fully saturated rings. The molecular formula is C18H39N3O2. The van der Waals surface area contributed by atoms with Crippen LogP contribution in [0.1, 0.15) is 86.0 Å². The van der Waals surface area contributed by atoms with E-state index in [1.54, 1.807) is 6.07 Å². The lowest BCUT2D eigenvalue weighted by Crippen LogP contribution is -2.50. The first kappa shape index (κ1) is 26.7. The van der Waals surface area contributed by atoms with E-state index in [1.165, 1.54) is 89.0 Å². The molecule has 0 heterocycles. The molecule has 0 saturated carbocycles. The second kappa shape index (κ2) is 23.1. The van der Waals surface area contributed by atoms with Gasteiger partial charge in [-0.15, -0.1) is 5.34 Å². The highest BCUT2D eigenvalue weighted by atomic mass is 16.6. The van der Waals surface area contributed by atoms with Crippen molar-refractivity contribution in [3.8, 4) is 6.07 Å². The van der Waals surface area contributed by atoms with Crippen molar-refractivity contribution in [2.24, 2.45) is 5.34 Å². The van der Waals surface area contributed by atoms with E-state index in [0.29, 0.717) is 0 Å². The van der Waals surface area contributed by atoms with Crippen LogP contribution in [0.25, 0.3) is 0 Å². The van der Waals surface area contributed by atoms with Crippen LogP contribution in [0.15, 0.2) is 5.34 Å². The highest BCUT2D eigenvalue weighted by molar-refractivity contribution is 4.51. The summed E-state index contributed by atoms with van der Waals surface area (Å²) in [6.45, 7) is 16.4. The minimum atomic E-state index is 1.00. The molecule has 0 aromatic carbocycles. The smallest absolute Gasteiger partial charge is 0.0786 e. The van der Waals surface area contributed by atoms with Crippen molar-refractivity contribution in [3.05, 3.63) is 10.1 Å². The molecule has 0 bridgehead atoms. The Balaban J connectivity index is -0.000000573. The third kappa shape index (κ3) is 20.9. The number of quaternary nitrogens is 1. The Hall–Kier alpha value is -1.15. The maximum Gasteiger partial charge on any atom is 0.0786 e. The largest absolute Gasteiger partial charge is 0.444 e. The first-order valence-corrected chi connectivity index (χ1v) is 9.18. The van der Waals surface area contributed by atoms with Crippen LogP contribution in [0, 0.1) is 21.4 Å². The zero-order valence-electron chi connectivity index (χ0n) is 16.1. The minimum Gasteiger partial charge on any atom is -0.444 e. The van der Waals surface area contributed by atoms with Crippen molar-refractivity contribution in [3.63, 3.8) is 0 Å². The zero-order chi connectivity index (χ0) is 18.4. The van der Waals surface area contributed by atoms with Crippen LogP contribution in [0.2, 0.25) is 0 Å². The summed E-state index contributed by atoms with van der Waals surface area (Å²) in [5.74, 6) is 0. The fourth-order valence-electron chi connectivity index (χ4n) is 2.64. The van der Waals surface area contributed by atoms with Gasteiger partial charge >= 0.3 is 0 Å². The normalized spacial score (nSPS) is 9.74. The van der Waals surface area contributed by atoms with Crippen LogP contribution in [0.5, 0.6) is 0 Å². The van der Waals surface area contributed by atoms with Crippen LogP contribution in [0.3, 0.4) is 0 Å². The summed E-state index contributed by atoms with van der Waals surface area (Å²) in [6.07, 6.45) is 11.1. The molecular weight excluding hydrogens is 290 g/mol. The molecule has 0 spiro atoms. The van der Waals surface area contributed by atoms with Gasteiger partial charge in [0.25, 0.3) is 0 Å². The highest BCUT2D eigenvalue weighted by Gasteiger charge is 2.24. The standard InChI is InChI=1S/C16H36N.C2H3N.HNO2/c1-5-9-13-17(14-10-6-2,15-11-7-3)16-12-8-4;1-2-3;2-1-3/h5-16H2,1-4H3;1H3;(H,2,3)/q+1;;/p-1. The summed E-state index contributed by atoms with van der Waals surface area (Å²) in [6, 6.07) is 1.75. The second-order valence-corrected chi connectivity index (χ2v) is 5.95. The second-order valence-electron chi connectivity index (χ2n) is 5.95. The van der Waals surface area contributed by atoms with Crippen LogP contribution < -0.4 is 0 Å². The average molecular weight is 330 g/mol. The molecule has 5 heteroatoms. The zero-order valence-corrected chi connectivity index (χ0v) is 16.1. The van der Waals surface area contributed by atoms with Crippen molar-refractivity contribution < 1.29 is 4.48 Å². The maximum atomic E-state index is 8.00. The number of hydrogen-bond acceptors (Lipinski definition) is 4. The Kier molecular flexibility index (Phi) is 26.9. The van der Waals surface area contributed by atoms with Crippen LogP contribution in [0.4, 0.5) is 0 Å². The van der Waals surface area contributed by atoms with Gasteiger partial charge in [0.05, 0.1) is 32.2 Å². The third-order valence-corrected chi connectivity index (χ3v) is 3.94. The molecule has 0 N–H and O–H groups in total. The summed E-state index contributed by atoms with van der Waals surface area (Å²) in [4.78, 5) is 8.00. The Morgan fingerprint density at radius 2 is 1.00 bits per heavy atom. The maximum absolute atomic E-state index is 8.00. The molecule has 0 aliphatic rings. The predicted octanol–water partition coefficient (Wildman–Crippen LogP) is 5.78. The molecule has 0 aliphatic heterocycles. The minimum absolute atomic E-state index is 1.00. The fraction of sp³-hybridized carbons (Fsp3) is 0.944. The SMILES string of the molecule is CC#N.CCCC[N+](CCCC)(CCCC)CCCC.O=N[O-]. The summed E-state index contributed by atoms with van der Waals surface area (Å²) in [7, 11) is 0. The molecule has 0 aliphatic carbocycles. The lowest BCUT2D eigenvalue weighted by Gasteiger charge is -2.39.